The van der Waals surface area contributed by atoms with Gasteiger partial charge in [0.25, 0.3) is 5.69 Å². The summed E-state index contributed by atoms with van der Waals surface area (Å²) in [4.78, 5) is 10.3. The number of hydrogen-bond donors (Lipinski definition) is 0. The first kappa shape index (κ1) is 14.7. The Hall–Kier alpha value is -1.75. The summed E-state index contributed by atoms with van der Waals surface area (Å²) in [6, 6.07) is 13.6. The number of nitrogens with zero attached hydrogens (tertiary/aromatic N) is 1. The van der Waals surface area contributed by atoms with E-state index in [1.165, 1.54) is 12.1 Å². The fraction of sp³-hybridized carbons (Fsp3) is 0.200. The number of nitro benzene ring substituents is 1. The topological polar surface area (TPSA) is 43.1 Å². The van der Waals surface area contributed by atoms with Crippen molar-refractivity contribution < 1.29 is 9.31 Å². The monoisotopic (exact) mass is 337 g/mol. The summed E-state index contributed by atoms with van der Waals surface area (Å²) < 4.78 is 13.3. The minimum absolute atomic E-state index is 0.144. The Bertz CT molecular complexity index is 604. The molecule has 0 saturated carbocycles. The quantitative estimate of drug-likeness (QED) is 0.446. The first-order valence-corrected chi connectivity index (χ1v) is 7.10. The summed E-state index contributed by atoms with van der Waals surface area (Å²) in [6.45, 7) is 0. The lowest BCUT2D eigenvalue weighted by atomic mass is 10.0. The second-order valence-electron chi connectivity index (χ2n) is 4.49. The smallest absolute Gasteiger partial charge is 0.258 e. The molecule has 2 aromatic carbocycles. The molecule has 5 heteroatoms. The molecule has 0 N–H and O–H groups in total. The molecule has 0 bridgehead atoms. The molecule has 0 aliphatic heterocycles. The van der Waals surface area contributed by atoms with Crippen molar-refractivity contribution in [3.05, 3.63) is 75.6 Å². The maximum Gasteiger partial charge on any atom is 0.272 e. The van der Waals surface area contributed by atoms with Gasteiger partial charge in [0.05, 0.1) is 11.0 Å². The Kier molecular flexibility index (Phi) is 4.84. The highest BCUT2D eigenvalue weighted by Crippen LogP contribution is 2.28. The van der Waals surface area contributed by atoms with Crippen LogP contribution in [0.4, 0.5) is 10.1 Å². The highest BCUT2D eigenvalue weighted by Gasteiger charge is 2.12. The van der Waals surface area contributed by atoms with Crippen LogP contribution in [-0.2, 0) is 6.42 Å². The number of halogens is 2. The molecule has 20 heavy (non-hydrogen) atoms. The van der Waals surface area contributed by atoms with Crippen LogP contribution in [0, 0.1) is 15.9 Å². The van der Waals surface area contributed by atoms with Gasteiger partial charge in [0.15, 0.2) is 0 Å². The van der Waals surface area contributed by atoms with E-state index >= 15 is 0 Å². The summed E-state index contributed by atoms with van der Waals surface area (Å²) in [5.74, 6) is -0.569. The molecule has 0 aliphatic carbocycles. The van der Waals surface area contributed by atoms with Gasteiger partial charge in [0, 0.05) is 10.9 Å². The fourth-order valence-electron chi connectivity index (χ4n) is 2.00. The molecule has 0 amide bonds. The molecule has 3 nitrogen and oxygen atoms in total. The second-order valence-corrected chi connectivity index (χ2v) is 5.60. The van der Waals surface area contributed by atoms with Crippen molar-refractivity contribution in [2.24, 2.45) is 0 Å². The number of rotatable bonds is 5. The average molecular weight is 338 g/mol. The van der Waals surface area contributed by atoms with Gasteiger partial charge in [-0.15, -0.1) is 0 Å². The Morgan fingerprint density at radius 1 is 1.20 bits per heavy atom. The van der Waals surface area contributed by atoms with E-state index in [4.69, 9.17) is 0 Å². The highest BCUT2D eigenvalue weighted by atomic mass is 79.9. The maximum atomic E-state index is 13.3. The maximum absolute atomic E-state index is 13.3. The summed E-state index contributed by atoms with van der Waals surface area (Å²) in [6.07, 6.45) is 1.31. The van der Waals surface area contributed by atoms with E-state index in [0.29, 0.717) is 12.0 Å². The molecule has 0 spiro atoms. The number of aryl methyl sites for hydroxylation is 1. The Morgan fingerprint density at radius 3 is 2.55 bits per heavy atom. The van der Waals surface area contributed by atoms with E-state index in [-0.39, 0.29) is 10.5 Å². The molecule has 2 aromatic rings. The average Bonchev–Trinajstić information content (AvgIpc) is 2.45. The molecular formula is C15H13BrFNO2. The predicted molar refractivity (Wildman–Crippen MR) is 79.5 cm³/mol. The number of hydrogen-bond acceptors (Lipinski definition) is 2. The van der Waals surface area contributed by atoms with Crippen molar-refractivity contribution in [1.29, 1.82) is 0 Å². The van der Waals surface area contributed by atoms with Crippen LogP contribution in [-0.4, -0.2) is 4.92 Å². The van der Waals surface area contributed by atoms with Gasteiger partial charge in [0.2, 0.25) is 0 Å². The van der Waals surface area contributed by atoms with Crippen LogP contribution in [0.25, 0.3) is 0 Å². The lowest BCUT2D eigenvalue weighted by molar-refractivity contribution is -0.385. The van der Waals surface area contributed by atoms with E-state index in [2.05, 4.69) is 15.9 Å². The Morgan fingerprint density at radius 2 is 1.90 bits per heavy atom. The van der Waals surface area contributed by atoms with Crippen LogP contribution in [0.5, 0.6) is 0 Å². The van der Waals surface area contributed by atoms with Gasteiger partial charge >= 0.3 is 0 Å². The van der Waals surface area contributed by atoms with E-state index in [1.54, 1.807) is 0 Å². The van der Waals surface area contributed by atoms with Gasteiger partial charge in [-0.05, 0) is 30.0 Å². The SMILES string of the molecule is O=[N+]([O-])c1cc(F)cc(CCC(Br)c2ccccc2)c1. The van der Waals surface area contributed by atoms with Crippen molar-refractivity contribution in [2.45, 2.75) is 17.7 Å². The van der Waals surface area contributed by atoms with Crippen molar-refractivity contribution >= 4 is 21.6 Å². The zero-order valence-corrected chi connectivity index (χ0v) is 12.2. The molecule has 0 aliphatic rings. The number of benzene rings is 2. The molecule has 2 rings (SSSR count). The van der Waals surface area contributed by atoms with Crippen LogP contribution in [0.1, 0.15) is 22.4 Å². The zero-order chi connectivity index (χ0) is 14.5. The fourth-order valence-corrected chi connectivity index (χ4v) is 2.54. The number of alkyl halides is 1. The van der Waals surface area contributed by atoms with Crippen LogP contribution in [0.3, 0.4) is 0 Å². The third kappa shape index (κ3) is 3.87. The summed E-state index contributed by atoms with van der Waals surface area (Å²) in [5, 5.41) is 10.7. The van der Waals surface area contributed by atoms with Crippen LogP contribution < -0.4 is 0 Å². The van der Waals surface area contributed by atoms with Gasteiger partial charge in [0.1, 0.15) is 5.82 Å². The van der Waals surface area contributed by atoms with Crippen molar-refractivity contribution in [3.8, 4) is 0 Å². The molecule has 104 valence electrons. The Labute approximate surface area is 124 Å². The zero-order valence-electron chi connectivity index (χ0n) is 10.6. The number of non-ortho nitro benzene ring substituents is 1. The van der Waals surface area contributed by atoms with Gasteiger partial charge in [-0.3, -0.25) is 10.1 Å². The summed E-state index contributed by atoms with van der Waals surface area (Å²) in [7, 11) is 0. The van der Waals surface area contributed by atoms with Gasteiger partial charge < -0.3 is 0 Å². The van der Waals surface area contributed by atoms with Gasteiger partial charge in [-0.2, -0.15) is 0 Å². The molecule has 1 atom stereocenters. The normalized spacial score (nSPS) is 12.1. The van der Waals surface area contributed by atoms with Gasteiger partial charge in [-0.1, -0.05) is 46.3 Å². The lowest BCUT2D eigenvalue weighted by Crippen LogP contribution is -1.96. The predicted octanol–water partition coefficient (Wildman–Crippen LogP) is 4.80. The lowest BCUT2D eigenvalue weighted by Gasteiger charge is -2.10. The van der Waals surface area contributed by atoms with E-state index in [1.807, 2.05) is 30.3 Å². The van der Waals surface area contributed by atoms with Crippen LogP contribution in [0.15, 0.2) is 48.5 Å². The third-order valence-electron chi connectivity index (χ3n) is 3.00. The first-order chi connectivity index (χ1) is 9.56. The molecular weight excluding hydrogens is 325 g/mol. The highest BCUT2D eigenvalue weighted by molar-refractivity contribution is 9.09. The first-order valence-electron chi connectivity index (χ1n) is 6.19. The van der Waals surface area contributed by atoms with Crippen molar-refractivity contribution in [3.63, 3.8) is 0 Å². The van der Waals surface area contributed by atoms with Crippen LogP contribution >= 0.6 is 15.9 Å². The number of nitro groups is 1. The van der Waals surface area contributed by atoms with Crippen molar-refractivity contribution in [2.75, 3.05) is 0 Å². The summed E-state index contributed by atoms with van der Waals surface area (Å²) in [5.41, 5.74) is 1.57. The molecule has 0 heterocycles. The summed E-state index contributed by atoms with van der Waals surface area (Å²) >= 11 is 3.58. The minimum atomic E-state index is -0.574. The molecule has 0 saturated heterocycles. The molecule has 1 unspecified atom stereocenters. The standard InChI is InChI=1S/C15H13BrFNO2/c16-15(12-4-2-1-3-5-12)7-6-11-8-13(17)10-14(9-11)18(19)20/h1-5,8-10,15H,6-7H2. The van der Waals surface area contributed by atoms with Gasteiger partial charge in [-0.25, -0.2) is 4.39 Å². The molecule has 0 aromatic heterocycles. The van der Waals surface area contributed by atoms with E-state index < -0.39 is 10.7 Å². The molecule has 0 radical (unpaired) electrons. The second kappa shape index (κ2) is 6.61. The third-order valence-corrected chi connectivity index (χ3v) is 3.99. The van der Waals surface area contributed by atoms with E-state index in [0.717, 1.165) is 18.1 Å². The Balaban J connectivity index is 2.06. The molecule has 0 fully saturated rings. The van der Waals surface area contributed by atoms with Crippen LogP contribution in [0.2, 0.25) is 0 Å². The largest absolute Gasteiger partial charge is 0.272 e. The van der Waals surface area contributed by atoms with Crippen molar-refractivity contribution in [1.82, 2.24) is 0 Å². The minimum Gasteiger partial charge on any atom is -0.258 e. The van der Waals surface area contributed by atoms with E-state index in [9.17, 15) is 14.5 Å².